The lowest BCUT2D eigenvalue weighted by Gasteiger charge is -2.31. The Kier molecular flexibility index (Phi) is 4.73. The van der Waals surface area contributed by atoms with Crippen molar-refractivity contribution in [1.29, 1.82) is 5.26 Å². The number of nitrogens with zero attached hydrogens (tertiary/aromatic N) is 2. The summed E-state index contributed by atoms with van der Waals surface area (Å²) in [5.74, 6) is 2.23. The molecule has 0 aromatic rings. The molecule has 1 aliphatic heterocycles. The van der Waals surface area contributed by atoms with Crippen molar-refractivity contribution in [3.63, 3.8) is 0 Å². The highest BCUT2D eigenvalue weighted by Crippen LogP contribution is 2.26. The average Bonchev–Trinajstić information content (AvgIpc) is 2.19. The molecular weight excluding hydrogens is 194 g/mol. The second-order valence-electron chi connectivity index (χ2n) is 4.04. The van der Waals surface area contributed by atoms with Crippen LogP contribution in [0.5, 0.6) is 0 Å². The second-order valence-corrected chi connectivity index (χ2v) is 5.26. The first-order valence-electron chi connectivity index (χ1n) is 5.07. The van der Waals surface area contributed by atoms with E-state index in [1.807, 2.05) is 11.8 Å². The molecule has 0 aromatic carbocycles. The number of nitrogens with one attached hydrogen (secondary N) is 1. The molecule has 0 unspecified atom stereocenters. The third-order valence-corrected chi connectivity index (χ3v) is 3.57. The van der Waals surface area contributed by atoms with Crippen LogP contribution >= 0.6 is 11.8 Å². The molecule has 1 heterocycles. The van der Waals surface area contributed by atoms with Crippen LogP contribution in [-0.4, -0.2) is 49.1 Å². The molecule has 1 N–H and O–H groups in total. The second kappa shape index (κ2) is 5.59. The molecule has 0 amide bonds. The predicted octanol–water partition coefficient (Wildman–Crippen LogP) is 0.927. The zero-order valence-electron chi connectivity index (χ0n) is 9.05. The molecule has 1 aliphatic rings. The molecule has 0 spiro atoms. The maximum atomic E-state index is 9.17. The van der Waals surface area contributed by atoms with Gasteiger partial charge in [-0.3, -0.25) is 5.32 Å². The van der Waals surface area contributed by atoms with Crippen molar-refractivity contribution in [3.05, 3.63) is 0 Å². The molecule has 80 valence electrons. The molecule has 0 aliphatic carbocycles. The molecule has 14 heavy (non-hydrogen) atoms. The quantitative estimate of drug-likeness (QED) is 0.754. The summed E-state index contributed by atoms with van der Waals surface area (Å²) in [4.78, 5) is 2.13. The number of rotatable bonds is 4. The summed E-state index contributed by atoms with van der Waals surface area (Å²) in [7, 11) is 4.11. The Morgan fingerprint density at radius 1 is 1.43 bits per heavy atom. The van der Waals surface area contributed by atoms with E-state index in [2.05, 4.69) is 30.4 Å². The van der Waals surface area contributed by atoms with Crippen LogP contribution in [0.1, 0.15) is 12.8 Å². The topological polar surface area (TPSA) is 39.1 Å². The van der Waals surface area contributed by atoms with Gasteiger partial charge in [0.2, 0.25) is 0 Å². The lowest BCUT2D eigenvalue weighted by Crippen LogP contribution is -2.48. The van der Waals surface area contributed by atoms with Gasteiger partial charge < -0.3 is 4.90 Å². The van der Waals surface area contributed by atoms with Crippen LogP contribution in [0.3, 0.4) is 0 Å². The molecule has 1 rings (SSSR count). The highest BCUT2D eigenvalue weighted by Gasteiger charge is 2.31. The van der Waals surface area contributed by atoms with Gasteiger partial charge in [0.25, 0.3) is 0 Å². The van der Waals surface area contributed by atoms with Crippen molar-refractivity contribution >= 4 is 11.8 Å². The van der Waals surface area contributed by atoms with Crippen molar-refractivity contribution in [3.8, 4) is 6.07 Å². The number of nitriles is 1. The van der Waals surface area contributed by atoms with Gasteiger partial charge in [-0.05, 0) is 38.4 Å². The molecule has 0 bridgehead atoms. The van der Waals surface area contributed by atoms with Gasteiger partial charge >= 0.3 is 0 Å². The third kappa shape index (κ3) is 3.49. The van der Waals surface area contributed by atoms with Gasteiger partial charge in [0.1, 0.15) is 5.54 Å². The van der Waals surface area contributed by atoms with Crippen LogP contribution in [0.25, 0.3) is 0 Å². The van der Waals surface area contributed by atoms with Crippen LogP contribution in [0.4, 0.5) is 0 Å². The van der Waals surface area contributed by atoms with Gasteiger partial charge in [0, 0.05) is 13.1 Å². The van der Waals surface area contributed by atoms with E-state index in [-0.39, 0.29) is 5.54 Å². The molecule has 1 fully saturated rings. The molecule has 1 saturated heterocycles. The third-order valence-electron chi connectivity index (χ3n) is 2.58. The van der Waals surface area contributed by atoms with Crippen LogP contribution in [-0.2, 0) is 0 Å². The Morgan fingerprint density at radius 3 is 2.57 bits per heavy atom. The fraction of sp³-hybridized carbons (Fsp3) is 0.900. The van der Waals surface area contributed by atoms with Crippen LogP contribution < -0.4 is 5.32 Å². The van der Waals surface area contributed by atoms with Gasteiger partial charge in [-0.2, -0.15) is 17.0 Å². The summed E-state index contributed by atoms with van der Waals surface area (Å²) in [5, 5.41) is 12.6. The van der Waals surface area contributed by atoms with E-state index in [0.717, 1.165) is 37.4 Å². The van der Waals surface area contributed by atoms with Crippen molar-refractivity contribution < 1.29 is 0 Å². The Bertz CT molecular complexity index is 204. The van der Waals surface area contributed by atoms with E-state index in [1.54, 1.807) is 0 Å². The van der Waals surface area contributed by atoms with Gasteiger partial charge in [-0.1, -0.05) is 0 Å². The van der Waals surface area contributed by atoms with E-state index in [1.165, 1.54) is 0 Å². The minimum Gasteiger partial charge on any atom is -0.308 e. The summed E-state index contributed by atoms with van der Waals surface area (Å²) in [6, 6.07) is 2.45. The monoisotopic (exact) mass is 213 g/mol. The normalized spacial score (nSPS) is 20.7. The molecule has 0 saturated carbocycles. The maximum Gasteiger partial charge on any atom is 0.108 e. The molecule has 0 atom stereocenters. The van der Waals surface area contributed by atoms with Crippen molar-refractivity contribution in [1.82, 2.24) is 10.2 Å². The molecule has 3 nitrogen and oxygen atoms in total. The number of likely N-dealkylation sites (N-methyl/N-ethyl adjacent to an activating group) is 1. The Hall–Kier alpha value is -0.240. The number of hydrogen-bond acceptors (Lipinski definition) is 4. The summed E-state index contributed by atoms with van der Waals surface area (Å²) in [6.45, 7) is 1.90. The first-order valence-corrected chi connectivity index (χ1v) is 6.23. The van der Waals surface area contributed by atoms with E-state index in [4.69, 9.17) is 0 Å². The van der Waals surface area contributed by atoms with Gasteiger partial charge in [0.05, 0.1) is 6.07 Å². The number of thioether (sulfide) groups is 1. The SMILES string of the molecule is CN(C)CCNC1(C#N)CCSCC1. The smallest absolute Gasteiger partial charge is 0.108 e. The van der Waals surface area contributed by atoms with E-state index >= 15 is 0 Å². The van der Waals surface area contributed by atoms with E-state index in [0.29, 0.717) is 0 Å². The first-order chi connectivity index (χ1) is 6.68. The lowest BCUT2D eigenvalue weighted by molar-refractivity contribution is 0.338. The fourth-order valence-electron chi connectivity index (χ4n) is 1.57. The van der Waals surface area contributed by atoms with Gasteiger partial charge in [0.15, 0.2) is 0 Å². The van der Waals surface area contributed by atoms with Gasteiger partial charge in [-0.25, -0.2) is 0 Å². The minimum atomic E-state index is -0.235. The largest absolute Gasteiger partial charge is 0.308 e. The Labute approximate surface area is 90.8 Å². The summed E-state index contributed by atoms with van der Waals surface area (Å²) < 4.78 is 0. The number of hydrogen-bond donors (Lipinski definition) is 1. The van der Waals surface area contributed by atoms with Crippen molar-refractivity contribution in [2.75, 3.05) is 38.7 Å². The molecule has 0 radical (unpaired) electrons. The standard InChI is InChI=1S/C10H19N3S/c1-13(2)6-5-12-10(9-11)3-7-14-8-4-10/h12H,3-8H2,1-2H3. The van der Waals surface area contributed by atoms with Gasteiger partial charge in [-0.15, -0.1) is 0 Å². The highest BCUT2D eigenvalue weighted by atomic mass is 32.2. The minimum absolute atomic E-state index is 0.235. The zero-order chi connectivity index (χ0) is 10.4. The Balaban J connectivity index is 2.34. The average molecular weight is 213 g/mol. The van der Waals surface area contributed by atoms with Crippen LogP contribution in [0.15, 0.2) is 0 Å². The zero-order valence-corrected chi connectivity index (χ0v) is 9.86. The predicted molar refractivity (Wildman–Crippen MR) is 61.5 cm³/mol. The fourth-order valence-corrected chi connectivity index (χ4v) is 2.76. The summed E-state index contributed by atoms with van der Waals surface area (Å²) in [5.41, 5.74) is -0.235. The van der Waals surface area contributed by atoms with Crippen molar-refractivity contribution in [2.45, 2.75) is 18.4 Å². The summed E-state index contributed by atoms with van der Waals surface area (Å²) >= 11 is 1.95. The van der Waals surface area contributed by atoms with Crippen LogP contribution in [0, 0.1) is 11.3 Å². The maximum absolute atomic E-state index is 9.17. The first kappa shape index (κ1) is 11.8. The van der Waals surface area contributed by atoms with Crippen LogP contribution in [0.2, 0.25) is 0 Å². The molecular formula is C10H19N3S. The summed E-state index contributed by atoms with van der Waals surface area (Å²) in [6.07, 6.45) is 1.98. The Morgan fingerprint density at radius 2 is 2.07 bits per heavy atom. The van der Waals surface area contributed by atoms with E-state index in [9.17, 15) is 5.26 Å². The van der Waals surface area contributed by atoms with E-state index < -0.39 is 0 Å². The lowest BCUT2D eigenvalue weighted by atomic mass is 9.94. The highest BCUT2D eigenvalue weighted by molar-refractivity contribution is 7.99. The van der Waals surface area contributed by atoms with Crippen molar-refractivity contribution in [2.24, 2.45) is 0 Å². The molecule has 4 heteroatoms. The molecule has 0 aromatic heterocycles.